The van der Waals surface area contributed by atoms with Gasteiger partial charge in [-0.3, -0.25) is 9.59 Å². The standard InChI is InChI=1S/C18H25N3O3/c1-24-16-8-3-2-7-15(16)21-10-9-14(18(21)23)20-17(22)12-5-4-6-13(19)11-12/h2-3,7-8,12-14H,4-6,9-11,19H2,1H3,(H,20,22)/t12-,13-,14+/m1/s1. The minimum atomic E-state index is -0.458. The molecule has 2 amide bonds. The predicted octanol–water partition coefficient (Wildman–Crippen LogP) is 1.43. The number of nitrogens with zero attached hydrogens (tertiary/aromatic N) is 1. The number of amides is 2. The number of hydrogen-bond donors (Lipinski definition) is 2. The molecule has 2 aliphatic rings. The molecule has 2 fully saturated rings. The first kappa shape index (κ1) is 16.8. The van der Waals surface area contributed by atoms with E-state index in [2.05, 4.69) is 5.32 Å². The molecule has 1 aromatic carbocycles. The summed E-state index contributed by atoms with van der Waals surface area (Å²) < 4.78 is 5.33. The van der Waals surface area contributed by atoms with Gasteiger partial charge in [0.15, 0.2) is 0 Å². The average Bonchev–Trinajstić information content (AvgIpc) is 2.95. The van der Waals surface area contributed by atoms with Crippen molar-refractivity contribution in [2.45, 2.75) is 44.2 Å². The number of methoxy groups -OCH3 is 1. The van der Waals surface area contributed by atoms with Crippen LogP contribution < -0.4 is 20.7 Å². The molecule has 1 saturated carbocycles. The number of rotatable bonds is 4. The summed E-state index contributed by atoms with van der Waals surface area (Å²) in [5.74, 6) is 0.483. The van der Waals surface area contributed by atoms with Crippen LogP contribution in [-0.4, -0.2) is 37.6 Å². The summed E-state index contributed by atoms with van der Waals surface area (Å²) in [4.78, 5) is 26.8. The van der Waals surface area contributed by atoms with E-state index in [1.165, 1.54) is 0 Å². The second-order valence-electron chi connectivity index (χ2n) is 6.64. The number of carbonyl (C=O) groups is 2. The van der Waals surface area contributed by atoms with Crippen molar-refractivity contribution in [1.82, 2.24) is 5.32 Å². The van der Waals surface area contributed by atoms with E-state index >= 15 is 0 Å². The maximum Gasteiger partial charge on any atom is 0.249 e. The van der Waals surface area contributed by atoms with Crippen LogP contribution in [0, 0.1) is 5.92 Å². The Balaban J connectivity index is 1.65. The molecule has 0 aromatic heterocycles. The highest BCUT2D eigenvalue weighted by Crippen LogP contribution is 2.31. The van der Waals surface area contributed by atoms with Crippen LogP contribution in [-0.2, 0) is 9.59 Å². The van der Waals surface area contributed by atoms with Gasteiger partial charge in [-0.25, -0.2) is 0 Å². The Morgan fingerprint density at radius 3 is 2.83 bits per heavy atom. The molecule has 1 saturated heterocycles. The number of nitrogens with one attached hydrogen (secondary N) is 1. The van der Waals surface area contributed by atoms with Gasteiger partial charge in [-0.15, -0.1) is 0 Å². The fraction of sp³-hybridized carbons (Fsp3) is 0.556. The van der Waals surface area contributed by atoms with E-state index in [1.54, 1.807) is 12.0 Å². The fourth-order valence-electron chi connectivity index (χ4n) is 3.66. The fourth-order valence-corrected chi connectivity index (χ4v) is 3.66. The van der Waals surface area contributed by atoms with Crippen molar-refractivity contribution in [2.24, 2.45) is 11.7 Å². The maximum absolute atomic E-state index is 12.7. The van der Waals surface area contributed by atoms with Crippen molar-refractivity contribution in [3.8, 4) is 5.75 Å². The van der Waals surface area contributed by atoms with Gasteiger partial charge >= 0.3 is 0 Å². The maximum atomic E-state index is 12.7. The van der Waals surface area contributed by atoms with Gasteiger partial charge in [-0.05, 0) is 37.8 Å². The highest BCUT2D eigenvalue weighted by Gasteiger charge is 2.36. The molecule has 3 N–H and O–H groups in total. The van der Waals surface area contributed by atoms with Crippen LogP contribution in [0.5, 0.6) is 5.75 Å². The monoisotopic (exact) mass is 331 g/mol. The van der Waals surface area contributed by atoms with Crippen LogP contribution >= 0.6 is 0 Å². The molecule has 3 atom stereocenters. The molecule has 24 heavy (non-hydrogen) atoms. The second-order valence-corrected chi connectivity index (χ2v) is 6.64. The highest BCUT2D eigenvalue weighted by atomic mass is 16.5. The Bertz CT molecular complexity index is 619. The van der Waals surface area contributed by atoms with Gasteiger partial charge in [0.05, 0.1) is 12.8 Å². The molecular formula is C18H25N3O3. The minimum Gasteiger partial charge on any atom is -0.495 e. The first-order chi connectivity index (χ1) is 11.6. The summed E-state index contributed by atoms with van der Waals surface area (Å²) in [7, 11) is 1.59. The third-order valence-corrected chi connectivity index (χ3v) is 4.98. The summed E-state index contributed by atoms with van der Waals surface area (Å²) >= 11 is 0. The van der Waals surface area contributed by atoms with Crippen LogP contribution in [0.25, 0.3) is 0 Å². The van der Waals surface area contributed by atoms with Crippen LogP contribution in [0.4, 0.5) is 5.69 Å². The van der Waals surface area contributed by atoms with Crippen molar-refractivity contribution in [3.05, 3.63) is 24.3 Å². The molecule has 1 aliphatic heterocycles. The van der Waals surface area contributed by atoms with Crippen molar-refractivity contribution in [2.75, 3.05) is 18.6 Å². The normalized spacial score (nSPS) is 27.2. The summed E-state index contributed by atoms with van der Waals surface area (Å²) in [6.45, 7) is 0.578. The Morgan fingerprint density at radius 2 is 2.08 bits per heavy atom. The molecule has 6 heteroatoms. The van der Waals surface area contributed by atoms with E-state index in [1.807, 2.05) is 24.3 Å². The lowest BCUT2D eigenvalue weighted by atomic mass is 9.85. The topological polar surface area (TPSA) is 84.7 Å². The van der Waals surface area contributed by atoms with Crippen molar-refractivity contribution in [1.29, 1.82) is 0 Å². The van der Waals surface area contributed by atoms with E-state index in [4.69, 9.17) is 10.5 Å². The van der Waals surface area contributed by atoms with Gasteiger partial charge in [0, 0.05) is 18.5 Å². The van der Waals surface area contributed by atoms with Crippen molar-refractivity contribution >= 4 is 17.5 Å². The molecule has 3 rings (SSSR count). The van der Waals surface area contributed by atoms with Gasteiger partial charge in [0.1, 0.15) is 11.8 Å². The lowest BCUT2D eigenvalue weighted by molar-refractivity contribution is -0.130. The first-order valence-corrected chi connectivity index (χ1v) is 8.60. The number of carbonyl (C=O) groups excluding carboxylic acids is 2. The van der Waals surface area contributed by atoms with E-state index < -0.39 is 6.04 Å². The molecular weight excluding hydrogens is 306 g/mol. The average molecular weight is 331 g/mol. The first-order valence-electron chi connectivity index (χ1n) is 8.60. The van der Waals surface area contributed by atoms with E-state index in [0.717, 1.165) is 24.9 Å². The molecule has 6 nitrogen and oxygen atoms in total. The number of anilines is 1. The zero-order chi connectivity index (χ0) is 17.1. The number of benzene rings is 1. The molecule has 0 unspecified atom stereocenters. The SMILES string of the molecule is COc1ccccc1N1CC[C@H](NC(=O)[C@@H]2CCC[C@@H](N)C2)C1=O. The number of hydrogen-bond acceptors (Lipinski definition) is 4. The third kappa shape index (κ3) is 3.38. The van der Waals surface area contributed by atoms with Gasteiger partial charge < -0.3 is 20.7 Å². The number of nitrogens with two attached hydrogens (primary N) is 1. The Hall–Kier alpha value is -2.08. The zero-order valence-corrected chi connectivity index (χ0v) is 14.0. The Kier molecular flexibility index (Phi) is 5.04. The highest BCUT2D eigenvalue weighted by molar-refractivity contribution is 6.02. The summed E-state index contributed by atoms with van der Waals surface area (Å²) in [6, 6.07) is 7.08. The smallest absolute Gasteiger partial charge is 0.249 e. The summed E-state index contributed by atoms with van der Waals surface area (Å²) in [5, 5.41) is 2.93. The van der Waals surface area contributed by atoms with Gasteiger partial charge in [0.25, 0.3) is 0 Å². The van der Waals surface area contributed by atoms with Crippen LogP contribution in [0.1, 0.15) is 32.1 Å². The molecule has 1 heterocycles. The molecule has 0 radical (unpaired) electrons. The van der Waals surface area contributed by atoms with Crippen molar-refractivity contribution in [3.63, 3.8) is 0 Å². The largest absolute Gasteiger partial charge is 0.495 e. The third-order valence-electron chi connectivity index (χ3n) is 4.98. The molecule has 0 bridgehead atoms. The Morgan fingerprint density at radius 1 is 1.29 bits per heavy atom. The van der Waals surface area contributed by atoms with Gasteiger partial charge in [-0.2, -0.15) is 0 Å². The van der Waals surface area contributed by atoms with E-state index in [0.29, 0.717) is 25.1 Å². The number of para-hydroxylation sites is 2. The van der Waals surface area contributed by atoms with E-state index in [9.17, 15) is 9.59 Å². The summed E-state index contributed by atoms with van der Waals surface area (Å²) in [5.41, 5.74) is 6.71. The lowest BCUT2D eigenvalue weighted by Gasteiger charge is -2.26. The molecule has 1 aliphatic carbocycles. The van der Waals surface area contributed by atoms with Crippen LogP contribution in [0.3, 0.4) is 0 Å². The predicted molar refractivity (Wildman–Crippen MR) is 91.8 cm³/mol. The molecule has 0 spiro atoms. The van der Waals surface area contributed by atoms with Crippen LogP contribution in [0.15, 0.2) is 24.3 Å². The van der Waals surface area contributed by atoms with E-state index in [-0.39, 0.29) is 23.8 Å². The zero-order valence-electron chi connectivity index (χ0n) is 14.0. The van der Waals surface area contributed by atoms with Gasteiger partial charge in [-0.1, -0.05) is 18.6 Å². The number of ether oxygens (including phenoxy) is 1. The summed E-state index contributed by atoms with van der Waals surface area (Å²) in [6.07, 6.45) is 4.14. The van der Waals surface area contributed by atoms with Crippen molar-refractivity contribution < 1.29 is 14.3 Å². The molecule has 130 valence electrons. The second kappa shape index (κ2) is 7.21. The Labute approximate surface area is 142 Å². The molecule has 1 aromatic rings. The van der Waals surface area contributed by atoms with Gasteiger partial charge in [0.2, 0.25) is 11.8 Å². The minimum absolute atomic E-state index is 0.0367. The lowest BCUT2D eigenvalue weighted by Crippen LogP contribution is -2.45. The quantitative estimate of drug-likeness (QED) is 0.874. The van der Waals surface area contributed by atoms with Crippen LogP contribution in [0.2, 0.25) is 0 Å².